The number of aliphatic carboxylic acids is 1. The number of carbonyl (C=O) groups excluding carboxylic acids is 1. The van der Waals surface area contributed by atoms with Gasteiger partial charge in [-0.15, -0.1) is 0 Å². The maximum atomic E-state index is 12.5. The molecule has 0 bridgehead atoms. The van der Waals surface area contributed by atoms with Gasteiger partial charge in [0, 0.05) is 24.9 Å². The summed E-state index contributed by atoms with van der Waals surface area (Å²) in [5.74, 6) is -0.137. The van der Waals surface area contributed by atoms with Crippen molar-refractivity contribution in [2.75, 3.05) is 6.54 Å². The molecular weight excluding hydrogens is 242 g/mol. The van der Waals surface area contributed by atoms with E-state index in [1.807, 2.05) is 11.8 Å². The molecule has 1 heterocycles. The van der Waals surface area contributed by atoms with Gasteiger partial charge in [0.1, 0.15) is 0 Å². The van der Waals surface area contributed by atoms with Gasteiger partial charge in [-0.1, -0.05) is 27.2 Å². The lowest BCUT2D eigenvalue weighted by molar-refractivity contribution is -0.143. The summed E-state index contributed by atoms with van der Waals surface area (Å²) in [6.45, 7) is 7.01. The molecule has 0 radical (unpaired) electrons. The molecule has 19 heavy (non-hydrogen) atoms. The van der Waals surface area contributed by atoms with E-state index >= 15 is 0 Å². The normalized spacial score (nSPS) is 22.9. The minimum atomic E-state index is -0.770. The smallest absolute Gasteiger partial charge is 0.303 e. The van der Waals surface area contributed by atoms with E-state index in [9.17, 15) is 9.59 Å². The first-order valence-corrected chi connectivity index (χ1v) is 7.49. The summed E-state index contributed by atoms with van der Waals surface area (Å²) in [4.78, 5) is 25.2. The minimum absolute atomic E-state index is 0.0374. The lowest BCUT2D eigenvalue weighted by Gasteiger charge is -2.38. The highest BCUT2D eigenvalue weighted by molar-refractivity contribution is 5.79. The Morgan fingerprint density at radius 3 is 2.58 bits per heavy atom. The third-order valence-corrected chi connectivity index (χ3v) is 4.49. The Bertz CT molecular complexity index is 317. The summed E-state index contributed by atoms with van der Waals surface area (Å²) in [5.41, 5.74) is 0. The molecule has 1 amide bonds. The number of carboxylic acids is 1. The fourth-order valence-corrected chi connectivity index (χ4v) is 2.74. The predicted molar refractivity (Wildman–Crippen MR) is 74.8 cm³/mol. The van der Waals surface area contributed by atoms with Crippen molar-refractivity contribution in [2.45, 2.75) is 65.3 Å². The van der Waals surface area contributed by atoms with Crippen LogP contribution >= 0.6 is 0 Å². The van der Waals surface area contributed by atoms with Gasteiger partial charge in [-0.3, -0.25) is 9.59 Å². The van der Waals surface area contributed by atoms with Gasteiger partial charge >= 0.3 is 5.97 Å². The van der Waals surface area contributed by atoms with E-state index in [4.69, 9.17) is 5.11 Å². The molecule has 1 saturated heterocycles. The molecule has 0 aliphatic carbocycles. The van der Waals surface area contributed by atoms with Gasteiger partial charge < -0.3 is 10.0 Å². The van der Waals surface area contributed by atoms with Crippen LogP contribution in [0.4, 0.5) is 0 Å². The van der Waals surface area contributed by atoms with Crippen LogP contribution in [0.15, 0.2) is 0 Å². The van der Waals surface area contributed by atoms with Crippen molar-refractivity contribution >= 4 is 11.9 Å². The van der Waals surface area contributed by atoms with E-state index in [0.29, 0.717) is 12.3 Å². The monoisotopic (exact) mass is 269 g/mol. The van der Waals surface area contributed by atoms with E-state index < -0.39 is 5.97 Å². The molecule has 1 N–H and O–H groups in total. The molecule has 0 aromatic rings. The second-order valence-electron chi connectivity index (χ2n) is 5.79. The number of carbonyl (C=O) groups is 2. The second kappa shape index (κ2) is 7.51. The number of carboxylic acid groups (broad SMARTS) is 1. The van der Waals surface area contributed by atoms with E-state index in [-0.39, 0.29) is 24.3 Å². The van der Waals surface area contributed by atoms with E-state index in [2.05, 4.69) is 13.8 Å². The van der Waals surface area contributed by atoms with Crippen molar-refractivity contribution in [3.8, 4) is 0 Å². The van der Waals surface area contributed by atoms with E-state index in [1.54, 1.807) is 0 Å². The number of hydrogen-bond donors (Lipinski definition) is 1. The lowest BCUT2D eigenvalue weighted by atomic mass is 9.89. The van der Waals surface area contributed by atoms with Crippen LogP contribution in [-0.2, 0) is 9.59 Å². The average Bonchev–Trinajstić information content (AvgIpc) is 2.42. The summed E-state index contributed by atoms with van der Waals surface area (Å²) in [6, 6.07) is 0.129. The molecule has 0 aromatic heterocycles. The highest BCUT2D eigenvalue weighted by Gasteiger charge is 2.31. The molecule has 3 unspecified atom stereocenters. The van der Waals surface area contributed by atoms with Gasteiger partial charge in [-0.05, 0) is 31.6 Å². The SMILES string of the molecule is CCC(C)C(C)C(=O)N1CCCCC1CCC(=O)O. The van der Waals surface area contributed by atoms with Crippen LogP contribution in [0.1, 0.15) is 59.3 Å². The standard InChI is InChI=1S/C15H27NO3/c1-4-11(2)12(3)15(19)16-10-6-5-7-13(16)8-9-14(17)18/h11-13H,4-10H2,1-3H3,(H,17,18). The molecule has 1 fully saturated rings. The highest BCUT2D eigenvalue weighted by Crippen LogP contribution is 2.25. The zero-order valence-corrected chi connectivity index (χ0v) is 12.4. The van der Waals surface area contributed by atoms with Crippen molar-refractivity contribution < 1.29 is 14.7 Å². The van der Waals surface area contributed by atoms with E-state index in [0.717, 1.165) is 32.2 Å². The molecule has 4 heteroatoms. The average molecular weight is 269 g/mol. The topological polar surface area (TPSA) is 57.6 Å². The Morgan fingerprint density at radius 2 is 2.00 bits per heavy atom. The fourth-order valence-electron chi connectivity index (χ4n) is 2.74. The van der Waals surface area contributed by atoms with E-state index in [1.165, 1.54) is 0 Å². The molecule has 3 atom stereocenters. The molecular formula is C15H27NO3. The van der Waals surface area contributed by atoms with Crippen LogP contribution < -0.4 is 0 Å². The minimum Gasteiger partial charge on any atom is -0.481 e. The number of likely N-dealkylation sites (tertiary alicyclic amines) is 1. The van der Waals surface area contributed by atoms with Crippen molar-refractivity contribution in [2.24, 2.45) is 11.8 Å². The van der Waals surface area contributed by atoms with Gasteiger partial charge in [0.2, 0.25) is 5.91 Å². The Hall–Kier alpha value is -1.06. The first kappa shape index (κ1) is 16.0. The summed E-state index contributed by atoms with van der Waals surface area (Å²) in [5, 5.41) is 8.80. The number of hydrogen-bond acceptors (Lipinski definition) is 2. The number of amides is 1. The first-order chi connectivity index (χ1) is 8.97. The molecule has 1 aliphatic heterocycles. The van der Waals surface area contributed by atoms with Crippen LogP contribution in [0.5, 0.6) is 0 Å². The summed E-state index contributed by atoms with van der Waals surface area (Å²) < 4.78 is 0. The Labute approximate surface area is 116 Å². The van der Waals surface area contributed by atoms with Crippen LogP contribution in [0.25, 0.3) is 0 Å². The summed E-state index contributed by atoms with van der Waals surface area (Å²) >= 11 is 0. The van der Waals surface area contributed by atoms with Gasteiger partial charge in [-0.2, -0.15) is 0 Å². The zero-order chi connectivity index (χ0) is 14.4. The predicted octanol–water partition coefficient (Wildman–Crippen LogP) is 2.91. The highest BCUT2D eigenvalue weighted by atomic mass is 16.4. The van der Waals surface area contributed by atoms with Crippen LogP contribution in [0, 0.1) is 11.8 Å². The van der Waals surface area contributed by atoms with Crippen molar-refractivity contribution in [1.82, 2.24) is 4.90 Å². The summed E-state index contributed by atoms with van der Waals surface area (Å²) in [7, 11) is 0. The molecule has 0 aromatic carbocycles. The molecule has 1 rings (SSSR count). The largest absolute Gasteiger partial charge is 0.481 e. The van der Waals surface area contributed by atoms with Crippen LogP contribution in [-0.4, -0.2) is 34.5 Å². The molecule has 110 valence electrons. The Kier molecular flexibility index (Phi) is 6.32. The molecule has 0 saturated carbocycles. The fraction of sp³-hybridized carbons (Fsp3) is 0.867. The van der Waals surface area contributed by atoms with Crippen molar-refractivity contribution in [3.63, 3.8) is 0 Å². The quantitative estimate of drug-likeness (QED) is 0.806. The Morgan fingerprint density at radius 1 is 1.32 bits per heavy atom. The molecule has 1 aliphatic rings. The van der Waals surface area contributed by atoms with Gasteiger partial charge in [0.15, 0.2) is 0 Å². The maximum absolute atomic E-state index is 12.5. The zero-order valence-electron chi connectivity index (χ0n) is 12.4. The first-order valence-electron chi connectivity index (χ1n) is 7.49. The molecule has 0 spiro atoms. The Balaban J connectivity index is 2.65. The lowest BCUT2D eigenvalue weighted by Crippen LogP contribution is -2.47. The van der Waals surface area contributed by atoms with Crippen molar-refractivity contribution in [1.29, 1.82) is 0 Å². The number of piperidine rings is 1. The number of nitrogens with zero attached hydrogens (tertiary/aromatic N) is 1. The van der Waals surface area contributed by atoms with Crippen LogP contribution in [0.3, 0.4) is 0 Å². The van der Waals surface area contributed by atoms with Crippen LogP contribution in [0.2, 0.25) is 0 Å². The summed E-state index contributed by atoms with van der Waals surface area (Å²) in [6.07, 6.45) is 4.85. The van der Waals surface area contributed by atoms with Gasteiger partial charge in [0.25, 0.3) is 0 Å². The third kappa shape index (κ3) is 4.51. The van der Waals surface area contributed by atoms with Crippen molar-refractivity contribution in [3.05, 3.63) is 0 Å². The second-order valence-corrected chi connectivity index (χ2v) is 5.79. The van der Waals surface area contributed by atoms with Gasteiger partial charge in [-0.25, -0.2) is 0 Å². The third-order valence-electron chi connectivity index (χ3n) is 4.49. The maximum Gasteiger partial charge on any atom is 0.303 e. The number of rotatable bonds is 6. The molecule has 4 nitrogen and oxygen atoms in total. The van der Waals surface area contributed by atoms with Gasteiger partial charge in [0.05, 0.1) is 0 Å².